The Balaban J connectivity index is 5.64. The van der Waals surface area contributed by atoms with Gasteiger partial charge in [-0.05, 0) is 0 Å². The van der Waals surface area contributed by atoms with Crippen molar-refractivity contribution in [2.24, 2.45) is 0 Å². The molecule has 0 rings (SSSR count). The minimum Gasteiger partial charge on any atom is -0.394 e. The Hall–Kier alpha value is -0.960. The summed E-state index contributed by atoms with van der Waals surface area (Å²) in [4.78, 5) is 0. The fraction of sp³-hybridized carbons (Fsp3) is 1.00. The van der Waals surface area contributed by atoms with Crippen molar-refractivity contribution in [3.05, 3.63) is 0 Å². The zero-order chi connectivity index (χ0) is 20.5. The average molecular weight is 406 g/mol. The molecule has 0 aliphatic heterocycles. The fourth-order valence-electron chi connectivity index (χ4n) is 1.24. The number of rotatable bonds is 10. The molecular formula is C10H10F12O3. The van der Waals surface area contributed by atoms with Crippen molar-refractivity contribution >= 4 is 0 Å². The third-order valence-electron chi connectivity index (χ3n) is 2.75. The fourth-order valence-corrected chi connectivity index (χ4v) is 1.24. The molecule has 0 fully saturated rings. The van der Waals surface area contributed by atoms with Crippen LogP contribution in [-0.2, 0) is 4.74 Å². The van der Waals surface area contributed by atoms with Crippen LogP contribution in [0.1, 0.15) is 0 Å². The van der Waals surface area contributed by atoms with Crippen molar-refractivity contribution < 1.29 is 67.6 Å². The summed E-state index contributed by atoms with van der Waals surface area (Å²) in [5.41, 5.74) is 0. The molecule has 3 nitrogen and oxygen atoms in total. The molecule has 0 aromatic heterocycles. The molecule has 0 saturated carbocycles. The van der Waals surface area contributed by atoms with Crippen LogP contribution in [0.3, 0.4) is 0 Å². The van der Waals surface area contributed by atoms with Crippen molar-refractivity contribution in [1.82, 2.24) is 0 Å². The Labute approximate surface area is 131 Å². The largest absolute Gasteiger partial charge is 0.394 e. The van der Waals surface area contributed by atoms with Gasteiger partial charge in [-0.2, -0.15) is 43.9 Å². The average Bonchev–Trinajstić information content (AvgIpc) is 2.45. The molecule has 1 unspecified atom stereocenters. The quantitative estimate of drug-likeness (QED) is 0.549. The molecule has 15 heteroatoms. The summed E-state index contributed by atoms with van der Waals surface area (Å²) in [7, 11) is 0. The van der Waals surface area contributed by atoms with Crippen LogP contribution in [-0.4, -0.2) is 72.2 Å². The minimum absolute atomic E-state index is 1.14. The van der Waals surface area contributed by atoms with Gasteiger partial charge in [0, 0.05) is 0 Å². The second-order valence-corrected chi connectivity index (χ2v) is 4.70. The van der Waals surface area contributed by atoms with E-state index in [1.165, 1.54) is 0 Å². The predicted octanol–water partition coefficient (Wildman–Crippen LogP) is 2.80. The van der Waals surface area contributed by atoms with E-state index in [0.717, 1.165) is 0 Å². The minimum atomic E-state index is -7.61. The summed E-state index contributed by atoms with van der Waals surface area (Å²) in [6.45, 7) is -5.25. The van der Waals surface area contributed by atoms with Gasteiger partial charge in [-0.1, -0.05) is 0 Å². The Bertz CT molecular complexity index is 439. The van der Waals surface area contributed by atoms with Crippen LogP contribution in [0.15, 0.2) is 0 Å². The molecule has 0 aliphatic rings. The molecule has 0 aromatic rings. The maximum Gasteiger partial charge on any atom is 0.384 e. The number of hydrogen-bond donors (Lipinski definition) is 2. The molecule has 1 atom stereocenters. The van der Waals surface area contributed by atoms with Gasteiger partial charge in [0.15, 0.2) is 0 Å². The highest BCUT2D eigenvalue weighted by atomic mass is 19.4. The third-order valence-corrected chi connectivity index (χ3v) is 2.75. The number of hydrogen-bond acceptors (Lipinski definition) is 3. The highest BCUT2D eigenvalue weighted by Crippen LogP contribution is 2.58. The van der Waals surface area contributed by atoms with E-state index < -0.39 is 62.0 Å². The second kappa shape index (κ2) is 7.34. The first kappa shape index (κ1) is 24.0. The monoisotopic (exact) mass is 406 g/mol. The van der Waals surface area contributed by atoms with Gasteiger partial charge in [0.25, 0.3) is 0 Å². The van der Waals surface area contributed by atoms with Gasteiger partial charge in [0.2, 0.25) is 0 Å². The molecule has 25 heavy (non-hydrogen) atoms. The molecular weight excluding hydrogens is 396 g/mol. The Kier molecular flexibility index (Phi) is 7.06. The standard InChI is InChI=1S/C10H10F12O3/c11-5(12)7(15,16)9(19,20)10(21,22)8(17,18)6(13,14)3-25-2-4(24)1-23/h4-5,23-24H,1-3H2. The number of aliphatic hydroxyl groups excluding tert-OH is 2. The van der Waals surface area contributed by atoms with Crippen molar-refractivity contribution in [3.63, 3.8) is 0 Å². The third kappa shape index (κ3) is 4.07. The van der Waals surface area contributed by atoms with Crippen LogP contribution < -0.4 is 0 Å². The smallest absolute Gasteiger partial charge is 0.384 e. The number of alkyl halides is 12. The van der Waals surface area contributed by atoms with Crippen LogP contribution in [0.4, 0.5) is 52.7 Å². The van der Waals surface area contributed by atoms with Crippen LogP contribution in [0.2, 0.25) is 0 Å². The normalized spacial score (nSPS) is 16.4. The van der Waals surface area contributed by atoms with E-state index in [4.69, 9.17) is 10.2 Å². The Morgan fingerprint density at radius 1 is 0.760 bits per heavy atom. The van der Waals surface area contributed by atoms with Crippen molar-refractivity contribution in [2.45, 2.75) is 42.1 Å². The molecule has 0 amide bonds. The zero-order valence-corrected chi connectivity index (χ0v) is 11.6. The van der Waals surface area contributed by atoms with Gasteiger partial charge >= 0.3 is 36.0 Å². The summed E-state index contributed by atoms with van der Waals surface area (Å²) in [5, 5.41) is 16.9. The highest BCUT2D eigenvalue weighted by Gasteiger charge is 2.87. The van der Waals surface area contributed by atoms with E-state index in [1.54, 1.807) is 0 Å². The lowest BCUT2D eigenvalue weighted by Crippen LogP contribution is -2.69. The van der Waals surface area contributed by atoms with Gasteiger partial charge in [0.1, 0.15) is 12.7 Å². The molecule has 0 radical (unpaired) electrons. The number of aliphatic hydroxyl groups is 2. The molecule has 0 aromatic carbocycles. The lowest BCUT2D eigenvalue weighted by molar-refractivity contribution is -0.415. The first-order valence-electron chi connectivity index (χ1n) is 5.94. The van der Waals surface area contributed by atoms with Gasteiger partial charge < -0.3 is 14.9 Å². The van der Waals surface area contributed by atoms with E-state index in [9.17, 15) is 52.7 Å². The maximum atomic E-state index is 13.1. The van der Waals surface area contributed by atoms with E-state index in [1.807, 2.05) is 0 Å². The van der Waals surface area contributed by atoms with Crippen molar-refractivity contribution in [2.75, 3.05) is 19.8 Å². The van der Waals surface area contributed by atoms with Gasteiger partial charge in [-0.3, -0.25) is 0 Å². The van der Waals surface area contributed by atoms with E-state index >= 15 is 0 Å². The zero-order valence-electron chi connectivity index (χ0n) is 11.6. The summed E-state index contributed by atoms with van der Waals surface area (Å²) in [5.74, 6) is -35.7. The summed E-state index contributed by atoms with van der Waals surface area (Å²) in [6.07, 6.45) is -7.50. The number of ether oxygens (including phenoxy) is 1. The van der Waals surface area contributed by atoms with Gasteiger partial charge in [-0.15, -0.1) is 0 Å². The molecule has 2 N–H and O–H groups in total. The molecule has 152 valence electrons. The van der Waals surface area contributed by atoms with Crippen LogP contribution in [0.5, 0.6) is 0 Å². The highest BCUT2D eigenvalue weighted by molar-refractivity contribution is 5.09. The van der Waals surface area contributed by atoms with Crippen molar-refractivity contribution in [3.8, 4) is 0 Å². The maximum absolute atomic E-state index is 13.1. The van der Waals surface area contributed by atoms with Crippen molar-refractivity contribution in [1.29, 1.82) is 0 Å². The molecule has 0 saturated heterocycles. The second-order valence-electron chi connectivity index (χ2n) is 4.70. The SMILES string of the molecule is OCC(O)COCC(F)(F)C(F)(F)C(F)(F)C(F)(F)C(F)(F)C(F)F. The van der Waals surface area contributed by atoms with Crippen LogP contribution in [0.25, 0.3) is 0 Å². The summed E-state index contributed by atoms with van der Waals surface area (Å²) >= 11 is 0. The Morgan fingerprint density at radius 3 is 1.56 bits per heavy atom. The molecule has 0 heterocycles. The van der Waals surface area contributed by atoms with Gasteiger partial charge in [-0.25, -0.2) is 8.78 Å². The molecule has 0 spiro atoms. The summed E-state index contributed by atoms with van der Waals surface area (Å²) < 4.78 is 156. The van der Waals surface area contributed by atoms with E-state index in [2.05, 4.69) is 4.74 Å². The first-order valence-corrected chi connectivity index (χ1v) is 5.94. The van der Waals surface area contributed by atoms with E-state index in [0.29, 0.717) is 0 Å². The molecule has 0 bridgehead atoms. The summed E-state index contributed by atoms with van der Waals surface area (Å²) in [6, 6.07) is 0. The van der Waals surface area contributed by atoms with E-state index in [-0.39, 0.29) is 0 Å². The van der Waals surface area contributed by atoms with Gasteiger partial charge in [0.05, 0.1) is 13.2 Å². The number of halogens is 12. The topological polar surface area (TPSA) is 49.7 Å². The Morgan fingerprint density at radius 2 is 1.20 bits per heavy atom. The van der Waals surface area contributed by atoms with Crippen LogP contribution >= 0.6 is 0 Å². The lowest BCUT2D eigenvalue weighted by atomic mass is 9.94. The van der Waals surface area contributed by atoms with Crippen LogP contribution in [0, 0.1) is 0 Å². The predicted molar refractivity (Wildman–Crippen MR) is 54.7 cm³/mol. The lowest BCUT2D eigenvalue weighted by Gasteiger charge is -2.39. The molecule has 0 aliphatic carbocycles. The first-order chi connectivity index (χ1) is 10.9.